The minimum absolute atomic E-state index is 0.0607. The Balaban J connectivity index is 1.15. The molecule has 46 heavy (non-hydrogen) atoms. The van der Waals surface area contributed by atoms with Gasteiger partial charge in [-0.1, -0.05) is 86.6 Å². The second-order valence-corrected chi connectivity index (χ2v) is 11.4. The largest absolute Gasteiger partial charge is 0.493 e. The van der Waals surface area contributed by atoms with Gasteiger partial charge in [0.1, 0.15) is 17.6 Å². The molecule has 0 amide bonds. The van der Waals surface area contributed by atoms with E-state index >= 15 is 0 Å². The topological polar surface area (TPSA) is 103 Å². The van der Waals surface area contributed by atoms with Gasteiger partial charge >= 0.3 is 0 Å². The van der Waals surface area contributed by atoms with Crippen LogP contribution in [0.25, 0.3) is 11.5 Å². The molecule has 232 valence electrons. The zero-order chi connectivity index (χ0) is 31.9. The van der Waals surface area contributed by atoms with Crippen molar-refractivity contribution in [2.24, 2.45) is 0 Å². The fourth-order valence-corrected chi connectivity index (χ4v) is 5.15. The number of aromatic nitrogens is 3. The lowest BCUT2D eigenvalue weighted by Crippen LogP contribution is -2.17. The summed E-state index contributed by atoms with van der Waals surface area (Å²) in [5.41, 5.74) is 4.78. The lowest BCUT2D eigenvalue weighted by Gasteiger charge is -2.19. The smallest absolute Gasteiger partial charge is 0.239 e. The zero-order valence-corrected chi connectivity index (χ0v) is 26.1. The number of carbonyl (C=O) groups is 1. The molecule has 1 atom stereocenters. The molecule has 0 aliphatic heterocycles. The molecule has 2 heterocycles. The Labute approximate surface area is 268 Å². The lowest BCUT2D eigenvalue weighted by atomic mass is 10.00. The molecule has 0 saturated heterocycles. The number of ketones is 1. The van der Waals surface area contributed by atoms with Crippen LogP contribution in [-0.4, -0.2) is 27.6 Å². The normalized spacial score (nSPS) is 11.8. The zero-order valence-electron chi connectivity index (χ0n) is 26.1. The highest BCUT2D eigenvalue weighted by Crippen LogP contribution is 2.29. The van der Waals surface area contributed by atoms with Gasteiger partial charge in [-0.15, -0.1) is 10.2 Å². The van der Waals surface area contributed by atoms with Gasteiger partial charge in [-0.25, -0.2) is 4.98 Å². The number of benzene rings is 4. The van der Waals surface area contributed by atoms with Crippen LogP contribution >= 0.6 is 0 Å². The summed E-state index contributed by atoms with van der Waals surface area (Å²) in [5.74, 6) is 3.24. The summed E-state index contributed by atoms with van der Waals surface area (Å²) in [7, 11) is 0. The second-order valence-electron chi connectivity index (χ2n) is 11.4. The number of carbonyl (C=O) groups excluding carboxylic acids is 1. The maximum atomic E-state index is 13.4. The van der Waals surface area contributed by atoms with Crippen LogP contribution in [0.2, 0.25) is 0 Å². The van der Waals surface area contributed by atoms with Crippen LogP contribution in [0.1, 0.15) is 70.5 Å². The summed E-state index contributed by atoms with van der Waals surface area (Å²) in [6.07, 6.45) is 1.18. The standard InChI is InChI=1S/C38H36N4O4/c1-25(2)36-41-42-38(46-36)34(39-33-17-11-10-16-31(33)35(43)28-12-6-4-7-13-28)24-27-18-20-30(21-19-27)44-23-22-32-26(3)45-37(40-32)29-14-8-5-9-15-29/h4-21,25,34,39H,22-24H2,1-3H3/t34-/m0/s1. The van der Waals surface area contributed by atoms with Gasteiger partial charge in [0.05, 0.1) is 12.3 Å². The third-order valence-electron chi connectivity index (χ3n) is 7.67. The molecule has 0 aliphatic rings. The second kappa shape index (κ2) is 14.1. The Morgan fingerprint density at radius 3 is 2.20 bits per heavy atom. The fraction of sp³-hybridized carbons (Fsp3) is 0.211. The van der Waals surface area contributed by atoms with Crippen molar-refractivity contribution in [2.75, 3.05) is 11.9 Å². The first kappa shape index (κ1) is 30.5. The average Bonchev–Trinajstić information content (AvgIpc) is 3.74. The molecule has 0 bridgehead atoms. The van der Waals surface area contributed by atoms with E-state index in [1.807, 2.05) is 130 Å². The van der Waals surface area contributed by atoms with Gasteiger partial charge in [0, 0.05) is 41.1 Å². The van der Waals surface area contributed by atoms with E-state index in [2.05, 4.69) is 20.5 Å². The van der Waals surface area contributed by atoms with Gasteiger partial charge < -0.3 is 18.9 Å². The highest BCUT2D eigenvalue weighted by molar-refractivity contribution is 6.12. The number of rotatable bonds is 13. The highest BCUT2D eigenvalue weighted by Gasteiger charge is 2.23. The van der Waals surface area contributed by atoms with E-state index in [0.717, 1.165) is 28.3 Å². The van der Waals surface area contributed by atoms with E-state index in [0.29, 0.717) is 53.9 Å². The first-order valence-electron chi connectivity index (χ1n) is 15.5. The van der Waals surface area contributed by atoms with Crippen LogP contribution in [0.3, 0.4) is 0 Å². The first-order chi connectivity index (χ1) is 22.4. The van der Waals surface area contributed by atoms with Gasteiger partial charge in [0.2, 0.25) is 17.7 Å². The third-order valence-corrected chi connectivity index (χ3v) is 7.67. The Morgan fingerprint density at radius 2 is 1.48 bits per heavy atom. The minimum Gasteiger partial charge on any atom is -0.493 e. The van der Waals surface area contributed by atoms with Crippen LogP contribution in [-0.2, 0) is 12.8 Å². The fourth-order valence-electron chi connectivity index (χ4n) is 5.15. The number of aryl methyl sites for hydroxylation is 1. The number of anilines is 1. The van der Waals surface area contributed by atoms with E-state index < -0.39 is 0 Å². The molecule has 0 radical (unpaired) electrons. The minimum atomic E-state index is -0.370. The molecule has 1 N–H and O–H groups in total. The van der Waals surface area contributed by atoms with Crippen LogP contribution in [0.15, 0.2) is 118 Å². The monoisotopic (exact) mass is 612 g/mol. The van der Waals surface area contributed by atoms with Crippen molar-refractivity contribution in [3.8, 4) is 17.2 Å². The molecule has 0 fully saturated rings. The van der Waals surface area contributed by atoms with Crippen LogP contribution in [0.5, 0.6) is 5.75 Å². The third kappa shape index (κ3) is 7.24. The molecule has 0 aliphatic carbocycles. The van der Waals surface area contributed by atoms with E-state index in [9.17, 15) is 4.79 Å². The molecule has 4 aromatic carbocycles. The maximum absolute atomic E-state index is 13.4. The number of oxazole rings is 1. The number of hydrogen-bond donors (Lipinski definition) is 1. The van der Waals surface area contributed by atoms with Gasteiger partial charge in [-0.05, 0) is 48.9 Å². The average molecular weight is 613 g/mol. The van der Waals surface area contributed by atoms with Gasteiger partial charge in [-0.3, -0.25) is 4.79 Å². The van der Waals surface area contributed by atoms with Crippen LogP contribution in [0.4, 0.5) is 5.69 Å². The van der Waals surface area contributed by atoms with Crippen molar-refractivity contribution in [1.82, 2.24) is 15.2 Å². The van der Waals surface area contributed by atoms with Crippen LogP contribution < -0.4 is 10.1 Å². The Kier molecular flexibility index (Phi) is 9.34. The lowest BCUT2D eigenvalue weighted by molar-refractivity contribution is 0.103. The number of ether oxygens (including phenoxy) is 1. The van der Waals surface area contributed by atoms with Crippen LogP contribution in [0, 0.1) is 6.92 Å². The molecule has 8 nitrogen and oxygen atoms in total. The van der Waals surface area contributed by atoms with Crippen molar-refractivity contribution in [3.05, 3.63) is 149 Å². The Bertz CT molecular complexity index is 1880. The van der Waals surface area contributed by atoms with E-state index in [4.69, 9.17) is 13.6 Å². The van der Waals surface area contributed by atoms with Crippen molar-refractivity contribution in [2.45, 2.75) is 45.6 Å². The van der Waals surface area contributed by atoms with Crippen molar-refractivity contribution in [3.63, 3.8) is 0 Å². The molecular weight excluding hydrogens is 576 g/mol. The maximum Gasteiger partial charge on any atom is 0.239 e. The summed E-state index contributed by atoms with van der Waals surface area (Å²) in [4.78, 5) is 18.1. The highest BCUT2D eigenvalue weighted by atomic mass is 16.5. The molecule has 6 aromatic rings. The first-order valence-corrected chi connectivity index (χ1v) is 15.5. The molecule has 8 heteroatoms. The number of hydrogen-bond acceptors (Lipinski definition) is 8. The summed E-state index contributed by atoms with van der Waals surface area (Å²) in [6.45, 7) is 6.42. The molecule has 6 rings (SSSR count). The van der Waals surface area contributed by atoms with Gasteiger partial charge in [-0.2, -0.15) is 0 Å². The van der Waals surface area contributed by atoms with E-state index in [-0.39, 0.29) is 17.7 Å². The Morgan fingerprint density at radius 1 is 0.804 bits per heavy atom. The summed E-state index contributed by atoms with van der Waals surface area (Å²) < 4.78 is 18.0. The van der Waals surface area contributed by atoms with E-state index in [1.54, 1.807) is 0 Å². The summed E-state index contributed by atoms with van der Waals surface area (Å²) >= 11 is 0. The van der Waals surface area contributed by atoms with E-state index in [1.165, 1.54) is 0 Å². The molecule has 0 unspecified atom stereocenters. The quantitative estimate of drug-likeness (QED) is 0.130. The van der Waals surface area contributed by atoms with Crippen molar-refractivity contribution >= 4 is 11.5 Å². The molecule has 0 saturated carbocycles. The molecule has 2 aromatic heterocycles. The predicted octanol–water partition coefficient (Wildman–Crippen LogP) is 8.40. The summed E-state index contributed by atoms with van der Waals surface area (Å²) in [5, 5.41) is 12.2. The Hall–Kier alpha value is -5.50. The molecular formula is C38H36N4O4. The van der Waals surface area contributed by atoms with Gasteiger partial charge in [0.25, 0.3) is 0 Å². The number of nitrogens with one attached hydrogen (secondary N) is 1. The number of nitrogens with zero attached hydrogens (tertiary/aromatic N) is 3. The molecule has 0 spiro atoms. The van der Waals surface area contributed by atoms with Crippen molar-refractivity contribution in [1.29, 1.82) is 0 Å². The number of para-hydroxylation sites is 1. The van der Waals surface area contributed by atoms with Gasteiger partial charge in [0.15, 0.2) is 5.78 Å². The summed E-state index contributed by atoms with van der Waals surface area (Å²) in [6, 6.07) is 34.2. The predicted molar refractivity (Wildman–Crippen MR) is 177 cm³/mol. The van der Waals surface area contributed by atoms with Crippen molar-refractivity contribution < 1.29 is 18.4 Å². The SMILES string of the molecule is Cc1oc(-c2ccccc2)nc1CCOc1ccc(C[C@H](Nc2ccccc2C(=O)c2ccccc2)c2nnc(C(C)C)o2)cc1.